The number of ether oxygens (including phenoxy) is 1. The van der Waals surface area contributed by atoms with Gasteiger partial charge in [0.25, 0.3) is 0 Å². The Morgan fingerprint density at radius 1 is 1.33 bits per heavy atom. The van der Waals surface area contributed by atoms with Crippen LogP contribution < -0.4 is 5.32 Å². The van der Waals surface area contributed by atoms with Gasteiger partial charge in [-0.25, -0.2) is 0 Å². The van der Waals surface area contributed by atoms with Crippen LogP contribution in [-0.4, -0.2) is 36.7 Å². The smallest absolute Gasteiger partial charge is 0.118 e. The van der Waals surface area contributed by atoms with Crippen LogP contribution in [0.4, 0.5) is 0 Å². The Balaban J connectivity index is 1.51. The Bertz CT molecular complexity index is 387. The zero-order valence-corrected chi connectivity index (χ0v) is 11.0. The van der Waals surface area contributed by atoms with Crippen molar-refractivity contribution in [2.45, 2.75) is 44.9 Å². The summed E-state index contributed by atoms with van der Waals surface area (Å²) in [4.78, 5) is 2.42. The molecule has 1 saturated carbocycles. The van der Waals surface area contributed by atoms with Crippen molar-refractivity contribution in [1.29, 1.82) is 0 Å². The quantitative estimate of drug-likeness (QED) is 0.864. The highest BCUT2D eigenvalue weighted by Crippen LogP contribution is 2.20. The van der Waals surface area contributed by atoms with Gasteiger partial charge in [-0.1, -0.05) is 0 Å². The summed E-state index contributed by atoms with van der Waals surface area (Å²) in [5.41, 5.74) is 0. The predicted molar refractivity (Wildman–Crippen MR) is 69.3 cm³/mol. The average Bonchev–Trinajstić information content (AvgIpc) is 3.10. The minimum absolute atomic E-state index is 0.483. The number of hydrogen-bond acceptors (Lipinski definition) is 4. The predicted octanol–water partition coefficient (Wildman–Crippen LogP) is 1.75. The van der Waals surface area contributed by atoms with Crippen LogP contribution in [0, 0.1) is 0 Å². The number of furan rings is 1. The van der Waals surface area contributed by atoms with E-state index in [1.54, 1.807) is 0 Å². The number of nitrogens with zero attached hydrogens (tertiary/aromatic N) is 1. The lowest BCUT2D eigenvalue weighted by Crippen LogP contribution is -2.42. The monoisotopic (exact) mass is 250 g/mol. The van der Waals surface area contributed by atoms with Crippen LogP contribution in [0.15, 0.2) is 16.5 Å². The molecule has 1 aromatic heterocycles. The first-order chi connectivity index (χ1) is 8.81. The molecule has 0 spiro atoms. The molecular weight excluding hydrogens is 228 g/mol. The van der Waals surface area contributed by atoms with E-state index in [2.05, 4.69) is 29.3 Å². The maximum absolute atomic E-state index is 5.87. The van der Waals surface area contributed by atoms with Crippen molar-refractivity contribution in [2.24, 2.45) is 0 Å². The normalized spacial score (nSPS) is 25.5. The molecule has 1 N–H and O–H groups in total. The van der Waals surface area contributed by atoms with Crippen molar-refractivity contribution in [3.05, 3.63) is 23.7 Å². The molecule has 1 saturated heterocycles. The van der Waals surface area contributed by atoms with E-state index >= 15 is 0 Å². The largest absolute Gasteiger partial charge is 0.463 e. The second kappa shape index (κ2) is 5.43. The molecular formula is C14H22N2O2. The van der Waals surface area contributed by atoms with Crippen LogP contribution in [0.5, 0.6) is 0 Å². The van der Waals surface area contributed by atoms with E-state index in [9.17, 15) is 0 Å². The Kier molecular flexibility index (Phi) is 3.68. The molecule has 2 fully saturated rings. The highest BCUT2D eigenvalue weighted by atomic mass is 16.5. The number of hydrogen-bond donors (Lipinski definition) is 1. The van der Waals surface area contributed by atoms with Gasteiger partial charge in [0.2, 0.25) is 0 Å². The minimum Gasteiger partial charge on any atom is -0.463 e. The third-order valence-corrected chi connectivity index (χ3v) is 3.72. The van der Waals surface area contributed by atoms with Gasteiger partial charge in [0, 0.05) is 18.6 Å². The summed E-state index contributed by atoms with van der Waals surface area (Å²) in [6.07, 6.45) is 2.64. The summed E-state index contributed by atoms with van der Waals surface area (Å²) in [6, 6.07) is 5.41. The van der Waals surface area contributed by atoms with Gasteiger partial charge in [0.1, 0.15) is 11.5 Å². The van der Waals surface area contributed by atoms with Crippen LogP contribution in [0.1, 0.15) is 31.3 Å². The van der Waals surface area contributed by atoms with Crippen LogP contribution >= 0.6 is 0 Å². The Hall–Kier alpha value is -0.840. The lowest BCUT2D eigenvalue weighted by Gasteiger charge is -2.32. The summed E-state index contributed by atoms with van der Waals surface area (Å²) in [6.45, 7) is 6.63. The number of rotatable bonds is 5. The molecule has 4 nitrogen and oxygen atoms in total. The topological polar surface area (TPSA) is 37.6 Å². The molecule has 1 aliphatic carbocycles. The second-order valence-electron chi connectivity index (χ2n) is 5.42. The maximum Gasteiger partial charge on any atom is 0.118 e. The molecule has 1 aromatic rings. The van der Waals surface area contributed by atoms with Crippen LogP contribution in [0.25, 0.3) is 0 Å². The van der Waals surface area contributed by atoms with E-state index in [-0.39, 0.29) is 0 Å². The molecule has 2 heterocycles. The second-order valence-corrected chi connectivity index (χ2v) is 5.42. The summed E-state index contributed by atoms with van der Waals surface area (Å²) in [5.74, 6) is 2.12. The van der Waals surface area contributed by atoms with Crippen molar-refractivity contribution < 1.29 is 9.15 Å². The van der Waals surface area contributed by atoms with E-state index < -0.39 is 0 Å². The first kappa shape index (κ1) is 12.2. The molecule has 0 amide bonds. The molecule has 2 aliphatic rings. The summed E-state index contributed by atoms with van der Waals surface area (Å²) >= 11 is 0. The van der Waals surface area contributed by atoms with E-state index in [1.165, 1.54) is 12.8 Å². The molecule has 1 aliphatic heterocycles. The average molecular weight is 250 g/mol. The van der Waals surface area contributed by atoms with Gasteiger partial charge in [-0.3, -0.25) is 4.90 Å². The van der Waals surface area contributed by atoms with Crippen molar-refractivity contribution in [3.63, 3.8) is 0 Å². The molecule has 1 atom stereocenters. The first-order valence-corrected chi connectivity index (χ1v) is 6.94. The molecule has 0 radical (unpaired) electrons. The van der Waals surface area contributed by atoms with Crippen molar-refractivity contribution in [3.8, 4) is 0 Å². The number of nitrogens with one attached hydrogen (secondary N) is 1. The maximum atomic E-state index is 5.87. The van der Waals surface area contributed by atoms with Gasteiger partial charge in [0.15, 0.2) is 0 Å². The molecule has 0 aromatic carbocycles. The van der Waals surface area contributed by atoms with E-state index in [4.69, 9.17) is 9.15 Å². The van der Waals surface area contributed by atoms with Gasteiger partial charge in [-0.15, -0.1) is 0 Å². The summed E-state index contributed by atoms with van der Waals surface area (Å²) < 4.78 is 11.3. The van der Waals surface area contributed by atoms with Gasteiger partial charge in [-0.05, 0) is 31.9 Å². The highest BCUT2D eigenvalue weighted by Gasteiger charge is 2.22. The van der Waals surface area contributed by atoms with Crippen LogP contribution in [0.2, 0.25) is 0 Å². The van der Waals surface area contributed by atoms with Crippen molar-refractivity contribution in [1.82, 2.24) is 10.2 Å². The van der Waals surface area contributed by atoms with Crippen LogP contribution in [0.3, 0.4) is 0 Å². The molecule has 100 valence electrons. The Labute approximate surface area is 108 Å². The first-order valence-electron chi connectivity index (χ1n) is 6.94. The van der Waals surface area contributed by atoms with Crippen molar-refractivity contribution in [2.75, 3.05) is 19.8 Å². The lowest BCUT2D eigenvalue weighted by atomic mass is 10.2. The Morgan fingerprint density at radius 2 is 2.17 bits per heavy atom. The Morgan fingerprint density at radius 3 is 2.94 bits per heavy atom. The fourth-order valence-corrected chi connectivity index (χ4v) is 2.33. The van der Waals surface area contributed by atoms with E-state index in [0.717, 1.165) is 50.4 Å². The third kappa shape index (κ3) is 3.13. The fourth-order valence-electron chi connectivity index (χ4n) is 2.33. The SMILES string of the molecule is CC1COCCN1Cc1ccc(CNC2CC2)o1. The molecule has 4 heteroatoms. The molecule has 18 heavy (non-hydrogen) atoms. The summed E-state index contributed by atoms with van der Waals surface area (Å²) in [5, 5.41) is 3.47. The standard InChI is InChI=1S/C14H22N2O2/c1-11-10-17-7-6-16(11)9-14-5-4-13(18-14)8-15-12-2-3-12/h4-5,11-12,15H,2-3,6-10H2,1H3. The molecule has 0 bridgehead atoms. The molecule has 1 unspecified atom stereocenters. The minimum atomic E-state index is 0.483. The van der Waals surface area contributed by atoms with E-state index in [1.807, 2.05) is 0 Å². The zero-order valence-electron chi connectivity index (χ0n) is 11.0. The van der Waals surface area contributed by atoms with Gasteiger partial charge in [-0.2, -0.15) is 0 Å². The summed E-state index contributed by atoms with van der Waals surface area (Å²) in [7, 11) is 0. The van der Waals surface area contributed by atoms with Gasteiger partial charge < -0.3 is 14.5 Å². The lowest BCUT2D eigenvalue weighted by molar-refractivity contribution is -0.00722. The zero-order chi connectivity index (χ0) is 12.4. The van der Waals surface area contributed by atoms with Gasteiger partial charge in [0.05, 0.1) is 26.3 Å². The number of morpholine rings is 1. The van der Waals surface area contributed by atoms with Gasteiger partial charge >= 0.3 is 0 Å². The fraction of sp³-hybridized carbons (Fsp3) is 0.714. The molecule has 3 rings (SSSR count). The van der Waals surface area contributed by atoms with E-state index in [0.29, 0.717) is 6.04 Å². The highest BCUT2D eigenvalue weighted by molar-refractivity contribution is 5.07. The van der Waals surface area contributed by atoms with Crippen molar-refractivity contribution >= 4 is 0 Å². The third-order valence-electron chi connectivity index (χ3n) is 3.72. The van der Waals surface area contributed by atoms with Crippen LogP contribution in [-0.2, 0) is 17.8 Å².